The maximum absolute atomic E-state index is 15.4. The fraction of sp³-hybridized carbons (Fsp3) is 0.557. The van der Waals surface area contributed by atoms with E-state index in [1.807, 2.05) is 82.7 Å². The van der Waals surface area contributed by atoms with Gasteiger partial charge in [0.2, 0.25) is 17.7 Å². The summed E-state index contributed by atoms with van der Waals surface area (Å²) in [6.45, 7) is 23.2. The van der Waals surface area contributed by atoms with E-state index in [0.717, 1.165) is 82.0 Å². The van der Waals surface area contributed by atoms with Crippen LogP contribution < -0.4 is 10.6 Å². The second-order valence-electron chi connectivity index (χ2n) is 23.5. The Balaban J connectivity index is 1.32. The van der Waals surface area contributed by atoms with Crippen LogP contribution in [0.15, 0.2) is 60.7 Å². The van der Waals surface area contributed by atoms with Gasteiger partial charge in [-0.3, -0.25) is 24.0 Å². The molecule has 0 aliphatic carbocycles. The highest BCUT2D eigenvalue weighted by molar-refractivity contribution is 5.95. The second-order valence-corrected chi connectivity index (χ2v) is 23.5. The molecule has 0 unspecified atom stereocenters. The van der Waals surface area contributed by atoms with Crippen molar-refractivity contribution in [2.24, 2.45) is 22.7 Å². The fourth-order valence-electron chi connectivity index (χ4n) is 11.6. The Morgan fingerprint density at radius 3 is 1.64 bits per heavy atom. The van der Waals surface area contributed by atoms with Gasteiger partial charge in [0.25, 0.3) is 0 Å². The molecule has 2 aliphatic heterocycles. The number of amides is 3. The second kappa shape index (κ2) is 23.6. The minimum Gasteiger partial charge on any atom is -0.464 e. The lowest BCUT2D eigenvalue weighted by molar-refractivity contribution is -0.143. The minimum atomic E-state index is -0.740. The first-order valence-electron chi connectivity index (χ1n) is 27.5. The number of nitrogens with zero attached hydrogens (tertiary/aromatic N) is 4. The summed E-state index contributed by atoms with van der Waals surface area (Å²) >= 11 is 0. The lowest BCUT2D eigenvalue weighted by Crippen LogP contribution is -2.56. The maximum atomic E-state index is 15.4. The third-order valence-corrected chi connectivity index (χ3v) is 16.1. The Morgan fingerprint density at radius 1 is 0.707 bits per heavy atom. The van der Waals surface area contributed by atoms with Crippen LogP contribution in [-0.4, -0.2) is 99.3 Å². The number of ether oxygens (including phenoxy) is 1. The van der Waals surface area contributed by atoms with Gasteiger partial charge in [-0.15, -0.1) is 0 Å². The third-order valence-electron chi connectivity index (χ3n) is 16.1. The summed E-state index contributed by atoms with van der Waals surface area (Å²) in [5, 5.41) is 7.90. The molecule has 0 spiro atoms. The number of hydrogen-bond acceptors (Lipinski definition) is 7. The Labute approximate surface area is 443 Å². The van der Waals surface area contributed by atoms with Crippen LogP contribution in [-0.2, 0) is 54.6 Å². The van der Waals surface area contributed by atoms with E-state index in [0.29, 0.717) is 44.4 Å². The first-order valence-corrected chi connectivity index (χ1v) is 27.5. The Hall–Kier alpha value is -5.89. The van der Waals surface area contributed by atoms with Crippen LogP contribution >= 0.6 is 0 Å². The van der Waals surface area contributed by atoms with E-state index in [9.17, 15) is 24.0 Å². The summed E-state index contributed by atoms with van der Waals surface area (Å²) in [6, 6.07) is 16.5. The Bertz CT molecular complexity index is 2890. The quantitative estimate of drug-likeness (QED) is 0.0741. The number of hydrogen-bond donors (Lipinski definition) is 2. The smallest absolute Gasteiger partial charge is 0.302 e. The number of halogens is 2. The van der Waals surface area contributed by atoms with Crippen molar-refractivity contribution in [2.45, 2.75) is 171 Å². The van der Waals surface area contributed by atoms with Crippen molar-refractivity contribution < 1.29 is 37.5 Å². The molecular weight excluding hydrogens is 951 g/mol. The van der Waals surface area contributed by atoms with Crippen LogP contribution in [0, 0.1) is 34.3 Å². The number of carbonyl (C=O) groups is 5. The van der Waals surface area contributed by atoms with E-state index in [4.69, 9.17) is 4.74 Å². The van der Waals surface area contributed by atoms with Crippen molar-refractivity contribution in [3.63, 3.8) is 0 Å². The Morgan fingerprint density at radius 2 is 1.20 bits per heavy atom. The standard InChI is InChI=1S/C61H82F2N6O6/c1-13-27-68-51-32-42(62)23-25-46(51)48(34-44-17-15-28-66(44)58(73)50(60(6,7)8)36-53(71)38(4)64-12)54(68)40-19-21-41(22-20-40)55-49(47-26-24-43(63)33-52(47)69(55)30-31-75-39(5)70)35-45-18-16-29-67(45)59(74)56(61(9,10)11)65-57(72)37(3)14-2/h19-26,32-33,37-38,44-45,50,56,64H,13-18,27-31,34-36H2,1-12H3,(H,65,72)/t37-,38+,44+,45+,50-,56-/m1/s1. The third kappa shape index (κ3) is 12.4. The van der Waals surface area contributed by atoms with Gasteiger partial charge in [0, 0.05) is 67.7 Å². The van der Waals surface area contributed by atoms with Crippen LogP contribution in [0.25, 0.3) is 44.3 Å². The van der Waals surface area contributed by atoms with E-state index in [-0.39, 0.29) is 72.9 Å². The van der Waals surface area contributed by atoms with E-state index < -0.39 is 34.6 Å². The number of ketones is 1. The average Bonchev–Trinajstić information content (AvgIpc) is 4.16. The molecule has 4 heterocycles. The number of aryl methyl sites for hydroxylation is 1. The van der Waals surface area contributed by atoms with Gasteiger partial charge in [-0.25, -0.2) is 8.78 Å². The normalized spacial score (nSPS) is 17.9. The lowest BCUT2D eigenvalue weighted by Gasteiger charge is -2.36. The number of Topliss-reactive ketones (excluding diaryl/α,β-unsaturated/α-hetero) is 1. The summed E-state index contributed by atoms with van der Waals surface area (Å²) in [5.74, 6) is -2.20. The number of benzene rings is 3. The van der Waals surface area contributed by atoms with Gasteiger partial charge in [0.1, 0.15) is 30.1 Å². The lowest BCUT2D eigenvalue weighted by atomic mass is 9.76. The number of fused-ring (bicyclic) bond motifs is 2. The monoisotopic (exact) mass is 1030 g/mol. The summed E-state index contributed by atoms with van der Waals surface area (Å²) in [5.41, 5.74) is 5.86. The number of aromatic nitrogens is 2. The highest BCUT2D eigenvalue weighted by Gasteiger charge is 2.42. The number of esters is 1. The molecule has 7 rings (SSSR count). The molecule has 2 fully saturated rings. The van der Waals surface area contributed by atoms with Crippen LogP contribution in [0.4, 0.5) is 8.78 Å². The minimum absolute atomic E-state index is 0.00462. The number of carbonyl (C=O) groups excluding carboxylic acids is 5. The van der Waals surface area contributed by atoms with Gasteiger partial charge in [0.05, 0.1) is 35.0 Å². The van der Waals surface area contributed by atoms with Crippen molar-refractivity contribution in [3.8, 4) is 22.5 Å². The van der Waals surface area contributed by atoms with E-state index in [2.05, 4.69) is 46.4 Å². The van der Waals surface area contributed by atoms with Crippen LogP contribution in [0.5, 0.6) is 0 Å². The summed E-state index contributed by atoms with van der Waals surface area (Å²) in [7, 11) is 1.75. The highest BCUT2D eigenvalue weighted by Crippen LogP contribution is 2.42. The molecule has 0 saturated carbocycles. The van der Waals surface area contributed by atoms with Crippen molar-refractivity contribution in [1.29, 1.82) is 0 Å². The zero-order valence-electron chi connectivity index (χ0n) is 46.6. The number of likely N-dealkylation sites (N-methyl/N-ethyl adjacent to an activating group) is 1. The number of likely N-dealkylation sites (tertiary alicyclic amines) is 2. The summed E-state index contributed by atoms with van der Waals surface area (Å²) in [4.78, 5) is 72.2. The van der Waals surface area contributed by atoms with Crippen molar-refractivity contribution in [2.75, 3.05) is 26.7 Å². The maximum Gasteiger partial charge on any atom is 0.302 e. The zero-order valence-corrected chi connectivity index (χ0v) is 46.6. The van der Waals surface area contributed by atoms with Gasteiger partial charge in [0.15, 0.2) is 0 Å². The van der Waals surface area contributed by atoms with Gasteiger partial charge in [-0.05, 0) is 135 Å². The van der Waals surface area contributed by atoms with E-state index in [1.165, 1.54) is 25.1 Å². The van der Waals surface area contributed by atoms with Gasteiger partial charge in [-0.2, -0.15) is 0 Å². The molecule has 2 N–H and O–H groups in total. The predicted octanol–water partition coefficient (Wildman–Crippen LogP) is 11.1. The molecule has 3 aromatic carbocycles. The molecule has 3 amide bonds. The van der Waals surface area contributed by atoms with Crippen LogP contribution in [0.3, 0.4) is 0 Å². The average molecular weight is 1030 g/mol. The van der Waals surface area contributed by atoms with E-state index in [1.54, 1.807) is 19.2 Å². The molecule has 2 saturated heterocycles. The Kier molecular flexibility index (Phi) is 17.9. The highest BCUT2D eigenvalue weighted by atomic mass is 19.1. The molecule has 2 aliphatic rings. The topological polar surface area (TPSA) is 135 Å². The number of nitrogens with one attached hydrogen (secondary N) is 2. The largest absolute Gasteiger partial charge is 0.464 e. The van der Waals surface area contributed by atoms with Gasteiger partial charge in [-0.1, -0.05) is 86.6 Å². The van der Waals surface area contributed by atoms with Gasteiger partial charge >= 0.3 is 5.97 Å². The van der Waals surface area contributed by atoms with Crippen LogP contribution in [0.1, 0.15) is 132 Å². The molecule has 0 radical (unpaired) electrons. The first-order chi connectivity index (χ1) is 35.5. The first kappa shape index (κ1) is 56.8. The SMILES string of the molecule is CCCn1c(-c2ccc(-c3c(C[C@@H]4CCCN4C(=O)[C@@H](NC(=O)[C@H](C)CC)C(C)(C)C)c4ccc(F)cc4n3CCOC(C)=O)cc2)c(C[C@@H]2CCCN2C(=O)[C@@H](CC(=O)[C@H](C)NC)C(C)(C)C)c2ccc(F)cc21. The molecule has 2 aromatic heterocycles. The van der Waals surface area contributed by atoms with Crippen molar-refractivity contribution in [1.82, 2.24) is 29.6 Å². The molecule has 12 nitrogen and oxygen atoms in total. The summed E-state index contributed by atoms with van der Waals surface area (Å²) < 4.78 is 40.5. The molecule has 5 aromatic rings. The van der Waals surface area contributed by atoms with E-state index >= 15 is 8.78 Å². The molecular formula is C61H82F2N6O6. The fourth-order valence-corrected chi connectivity index (χ4v) is 11.6. The predicted molar refractivity (Wildman–Crippen MR) is 294 cm³/mol. The molecule has 6 atom stereocenters. The molecule has 14 heteroatoms. The molecule has 0 bridgehead atoms. The van der Waals surface area contributed by atoms with Crippen LogP contribution in [0.2, 0.25) is 0 Å². The molecule has 406 valence electrons. The number of rotatable bonds is 20. The van der Waals surface area contributed by atoms with Crippen molar-refractivity contribution >= 4 is 51.3 Å². The van der Waals surface area contributed by atoms with Crippen molar-refractivity contribution in [3.05, 3.63) is 83.4 Å². The van der Waals surface area contributed by atoms with Gasteiger partial charge < -0.3 is 34.3 Å². The zero-order chi connectivity index (χ0) is 54.7. The molecule has 75 heavy (non-hydrogen) atoms. The summed E-state index contributed by atoms with van der Waals surface area (Å²) in [6.07, 6.45) is 5.72.